The highest BCUT2D eigenvalue weighted by molar-refractivity contribution is 6.31. The van der Waals surface area contributed by atoms with Crippen molar-refractivity contribution in [1.29, 1.82) is 0 Å². The molecule has 0 heterocycles. The Labute approximate surface area is 124 Å². The largest absolute Gasteiger partial charge is 0.465 e. The van der Waals surface area contributed by atoms with E-state index in [0.717, 1.165) is 0 Å². The molecule has 0 atom stereocenters. The predicted octanol–water partition coefficient (Wildman–Crippen LogP) is 2.85. The first-order valence-corrected chi connectivity index (χ1v) is 6.89. The van der Waals surface area contributed by atoms with Gasteiger partial charge in [-0.2, -0.15) is 0 Å². The van der Waals surface area contributed by atoms with Gasteiger partial charge >= 0.3 is 5.97 Å². The summed E-state index contributed by atoms with van der Waals surface area (Å²) in [6.07, 6.45) is 0.369. The average molecular weight is 301 g/mol. The van der Waals surface area contributed by atoms with Crippen molar-refractivity contribution in [2.45, 2.75) is 39.4 Å². The van der Waals surface area contributed by atoms with Crippen molar-refractivity contribution in [3.8, 4) is 0 Å². The van der Waals surface area contributed by atoms with Gasteiger partial charge in [0.2, 0.25) is 0 Å². The van der Waals surface area contributed by atoms with Gasteiger partial charge in [0.25, 0.3) is 0 Å². The number of ether oxygens (including phenoxy) is 1. The van der Waals surface area contributed by atoms with E-state index in [1.54, 1.807) is 45.0 Å². The van der Waals surface area contributed by atoms with Gasteiger partial charge < -0.3 is 14.9 Å². The molecule has 20 heavy (non-hydrogen) atoms. The van der Waals surface area contributed by atoms with Gasteiger partial charge in [0.1, 0.15) is 0 Å². The number of rotatable bonds is 5. The molecule has 0 aliphatic heterocycles. The summed E-state index contributed by atoms with van der Waals surface area (Å²) in [5.74, 6) is -2.33. The fourth-order valence-corrected chi connectivity index (χ4v) is 1.91. The van der Waals surface area contributed by atoms with Crippen LogP contribution in [0.1, 0.15) is 39.2 Å². The SMILES string of the molecule is CC(C)(C)C(=O)OCCCC(O)(O)c1ccccc1Cl. The van der Waals surface area contributed by atoms with Gasteiger partial charge in [-0.05, 0) is 33.3 Å². The molecule has 0 spiro atoms. The fraction of sp³-hybridized carbons (Fsp3) is 0.533. The minimum Gasteiger partial charge on any atom is -0.465 e. The highest BCUT2D eigenvalue weighted by Crippen LogP contribution is 2.29. The molecule has 0 radical (unpaired) electrons. The number of hydrogen-bond acceptors (Lipinski definition) is 4. The zero-order chi connectivity index (χ0) is 15.4. The van der Waals surface area contributed by atoms with Crippen LogP contribution in [0.3, 0.4) is 0 Å². The summed E-state index contributed by atoms with van der Waals surface area (Å²) < 4.78 is 5.07. The zero-order valence-corrected chi connectivity index (χ0v) is 12.8. The third kappa shape index (κ3) is 4.78. The van der Waals surface area contributed by atoms with Crippen LogP contribution < -0.4 is 0 Å². The van der Waals surface area contributed by atoms with E-state index in [-0.39, 0.29) is 24.6 Å². The maximum absolute atomic E-state index is 11.5. The van der Waals surface area contributed by atoms with Gasteiger partial charge in [0.05, 0.1) is 12.0 Å². The third-order valence-electron chi connectivity index (χ3n) is 2.82. The van der Waals surface area contributed by atoms with Crippen LogP contribution in [0.2, 0.25) is 5.02 Å². The van der Waals surface area contributed by atoms with Crippen molar-refractivity contribution in [2.24, 2.45) is 5.41 Å². The van der Waals surface area contributed by atoms with E-state index in [1.807, 2.05) is 0 Å². The summed E-state index contributed by atoms with van der Waals surface area (Å²) in [5.41, 5.74) is -0.304. The van der Waals surface area contributed by atoms with Gasteiger partial charge in [-0.15, -0.1) is 0 Å². The van der Waals surface area contributed by atoms with Gasteiger partial charge in [-0.3, -0.25) is 4.79 Å². The molecule has 0 bridgehead atoms. The van der Waals surface area contributed by atoms with E-state index in [4.69, 9.17) is 16.3 Å². The minimum absolute atomic E-state index is 0.0359. The first kappa shape index (κ1) is 17.0. The number of carbonyl (C=O) groups is 1. The molecule has 2 N–H and O–H groups in total. The van der Waals surface area contributed by atoms with Crippen molar-refractivity contribution in [3.05, 3.63) is 34.9 Å². The van der Waals surface area contributed by atoms with E-state index >= 15 is 0 Å². The molecule has 1 rings (SSSR count). The predicted molar refractivity (Wildman–Crippen MR) is 77.2 cm³/mol. The second-order valence-electron chi connectivity index (χ2n) is 5.79. The number of hydrogen-bond donors (Lipinski definition) is 2. The minimum atomic E-state index is -2.02. The van der Waals surface area contributed by atoms with Crippen LogP contribution in [0.15, 0.2) is 24.3 Å². The van der Waals surface area contributed by atoms with Crippen molar-refractivity contribution in [1.82, 2.24) is 0 Å². The average Bonchev–Trinajstić information content (AvgIpc) is 2.33. The Kier molecular flexibility index (Phi) is 5.57. The Balaban J connectivity index is 2.49. The van der Waals surface area contributed by atoms with E-state index in [9.17, 15) is 15.0 Å². The van der Waals surface area contributed by atoms with E-state index in [1.165, 1.54) is 0 Å². The molecule has 0 amide bonds. The summed E-state index contributed by atoms with van der Waals surface area (Å²) in [6.45, 7) is 5.44. The molecule has 4 nitrogen and oxygen atoms in total. The fourth-order valence-electron chi connectivity index (χ4n) is 1.62. The van der Waals surface area contributed by atoms with E-state index in [0.29, 0.717) is 11.4 Å². The van der Waals surface area contributed by atoms with Crippen LogP contribution in [-0.4, -0.2) is 22.8 Å². The molecule has 1 aromatic carbocycles. The molecule has 0 saturated carbocycles. The molecule has 0 aliphatic carbocycles. The third-order valence-corrected chi connectivity index (χ3v) is 3.15. The van der Waals surface area contributed by atoms with Crippen molar-refractivity contribution in [2.75, 3.05) is 6.61 Å². The lowest BCUT2D eigenvalue weighted by molar-refractivity contribution is -0.179. The lowest BCUT2D eigenvalue weighted by Gasteiger charge is -2.23. The number of halogens is 1. The molecule has 0 saturated heterocycles. The lowest BCUT2D eigenvalue weighted by Crippen LogP contribution is -2.27. The Morgan fingerprint density at radius 2 is 1.85 bits per heavy atom. The van der Waals surface area contributed by atoms with Crippen LogP contribution in [0.25, 0.3) is 0 Å². The standard InChI is InChI=1S/C15H21ClO4/c1-14(2,3)13(17)20-10-6-9-15(18,19)11-7-4-5-8-12(11)16/h4-5,7-8,18-19H,6,9-10H2,1-3H3. The van der Waals surface area contributed by atoms with E-state index < -0.39 is 11.2 Å². The van der Waals surface area contributed by atoms with Crippen LogP contribution in [0.4, 0.5) is 0 Å². The number of benzene rings is 1. The molecule has 5 heteroatoms. The van der Waals surface area contributed by atoms with Crippen LogP contribution in [-0.2, 0) is 15.3 Å². The molecule has 0 aromatic heterocycles. The molecule has 0 fully saturated rings. The topological polar surface area (TPSA) is 66.8 Å². The summed E-state index contributed by atoms with van der Waals surface area (Å²) in [4.78, 5) is 11.5. The van der Waals surface area contributed by atoms with E-state index in [2.05, 4.69) is 0 Å². The maximum atomic E-state index is 11.5. The first-order chi connectivity index (χ1) is 9.14. The smallest absolute Gasteiger partial charge is 0.311 e. The normalized spacial score (nSPS) is 12.3. The second-order valence-corrected chi connectivity index (χ2v) is 6.19. The van der Waals surface area contributed by atoms with Crippen LogP contribution >= 0.6 is 11.6 Å². The Morgan fingerprint density at radius 3 is 2.40 bits per heavy atom. The number of esters is 1. The highest BCUT2D eigenvalue weighted by atomic mass is 35.5. The second kappa shape index (κ2) is 6.57. The highest BCUT2D eigenvalue weighted by Gasteiger charge is 2.28. The van der Waals surface area contributed by atoms with Crippen molar-refractivity contribution < 1.29 is 19.7 Å². The summed E-state index contributed by atoms with van der Waals surface area (Å²) in [6, 6.07) is 6.55. The summed E-state index contributed by atoms with van der Waals surface area (Å²) >= 11 is 5.93. The number of aliphatic hydroxyl groups is 2. The number of carbonyl (C=O) groups excluding carboxylic acids is 1. The molecule has 1 aromatic rings. The van der Waals surface area contributed by atoms with Crippen molar-refractivity contribution in [3.63, 3.8) is 0 Å². The Bertz CT molecular complexity index is 463. The molecule has 0 aliphatic rings. The lowest BCUT2D eigenvalue weighted by atomic mass is 9.97. The summed E-state index contributed by atoms with van der Waals surface area (Å²) in [5, 5.41) is 20.3. The maximum Gasteiger partial charge on any atom is 0.311 e. The van der Waals surface area contributed by atoms with Crippen LogP contribution in [0.5, 0.6) is 0 Å². The quantitative estimate of drug-likeness (QED) is 0.498. The first-order valence-electron chi connectivity index (χ1n) is 6.51. The molecular weight excluding hydrogens is 280 g/mol. The summed E-state index contributed by atoms with van der Waals surface area (Å²) in [7, 11) is 0. The van der Waals surface area contributed by atoms with Crippen LogP contribution in [0, 0.1) is 5.41 Å². The molecule has 0 unspecified atom stereocenters. The monoisotopic (exact) mass is 300 g/mol. The Hall–Kier alpha value is -1.10. The molecular formula is C15H21ClO4. The zero-order valence-electron chi connectivity index (χ0n) is 12.0. The molecule has 112 valence electrons. The van der Waals surface area contributed by atoms with Crippen molar-refractivity contribution >= 4 is 17.6 Å². The van der Waals surface area contributed by atoms with Gasteiger partial charge in [0.15, 0.2) is 5.79 Å². The van der Waals surface area contributed by atoms with Gasteiger partial charge in [-0.25, -0.2) is 0 Å². The van der Waals surface area contributed by atoms with Gasteiger partial charge in [-0.1, -0.05) is 29.8 Å². The Morgan fingerprint density at radius 1 is 1.25 bits per heavy atom. The van der Waals surface area contributed by atoms with Gasteiger partial charge in [0, 0.05) is 17.0 Å².